The third-order valence-corrected chi connectivity index (χ3v) is 9.43. The van der Waals surface area contributed by atoms with Crippen LogP contribution in [-0.4, -0.2) is 5.11 Å². The van der Waals surface area contributed by atoms with Gasteiger partial charge in [0.2, 0.25) is 0 Å². The summed E-state index contributed by atoms with van der Waals surface area (Å²) >= 11 is 0. The molecule has 0 saturated carbocycles. The number of aromatic hydroxyl groups is 1. The summed E-state index contributed by atoms with van der Waals surface area (Å²) < 4.78 is 0. The topological polar surface area (TPSA) is 20.2 Å². The van der Waals surface area contributed by atoms with E-state index in [-0.39, 0.29) is 0 Å². The zero-order valence-corrected chi connectivity index (χ0v) is 24.1. The lowest BCUT2D eigenvalue weighted by Crippen LogP contribution is -1.94. The first-order valence-electron chi connectivity index (χ1n) is 15.2. The van der Waals surface area contributed by atoms with Crippen molar-refractivity contribution >= 4 is 32.3 Å². The number of phenolic OH excluding ortho intramolecular Hbond substituents is 1. The van der Waals surface area contributed by atoms with Crippen LogP contribution in [0.3, 0.4) is 0 Å². The molecular formula is C43H28O. The Kier molecular flexibility index (Phi) is 5.48. The van der Waals surface area contributed by atoms with Crippen LogP contribution in [-0.2, 0) is 6.42 Å². The predicted octanol–water partition coefficient (Wildman–Crippen LogP) is 11.4. The monoisotopic (exact) mass is 560 g/mol. The van der Waals surface area contributed by atoms with Crippen LogP contribution in [0, 0.1) is 0 Å². The number of rotatable bonds is 3. The van der Waals surface area contributed by atoms with Crippen LogP contribution in [0.5, 0.6) is 5.75 Å². The Labute approximate surface area is 256 Å². The van der Waals surface area contributed by atoms with E-state index in [1.54, 1.807) is 0 Å². The fourth-order valence-corrected chi connectivity index (χ4v) is 7.49. The molecule has 0 fully saturated rings. The van der Waals surface area contributed by atoms with Crippen LogP contribution in [0.15, 0.2) is 152 Å². The van der Waals surface area contributed by atoms with Crippen LogP contribution in [0.1, 0.15) is 11.1 Å². The standard InChI is InChI=1S/C43H28O/c44-41-25-24-35(34-17-5-6-18-37(34)41)36-22-23-39(33-20-8-13-28-11-2-4-16-31(28)33)43-40(36)26-29-14-9-21-38(42(29)43)32-19-7-12-27-10-1-3-15-30(27)32/h1-25,44H,26H2. The summed E-state index contributed by atoms with van der Waals surface area (Å²) in [7, 11) is 0. The van der Waals surface area contributed by atoms with Crippen molar-refractivity contribution in [3.05, 3.63) is 163 Å². The summed E-state index contributed by atoms with van der Waals surface area (Å²) in [5, 5.41) is 17.7. The van der Waals surface area contributed by atoms with Crippen molar-refractivity contribution < 1.29 is 5.11 Å². The molecule has 1 nitrogen and oxygen atoms in total. The molecule has 0 radical (unpaired) electrons. The zero-order valence-electron chi connectivity index (χ0n) is 24.1. The van der Waals surface area contributed by atoms with Gasteiger partial charge in [0.15, 0.2) is 0 Å². The SMILES string of the molecule is Oc1ccc(-c2ccc(-c3cccc4ccccc34)c3c2Cc2cccc(-c4cccc5ccccc45)c2-3)c2ccccc12. The molecule has 0 atom stereocenters. The number of benzene rings is 8. The van der Waals surface area contributed by atoms with Crippen molar-refractivity contribution in [2.24, 2.45) is 0 Å². The van der Waals surface area contributed by atoms with Gasteiger partial charge in [0.1, 0.15) is 5.75 Å². The molecule has 1 N–H and O–H groups in total. The molecule has 0 aromatic heterocycles. The van der Waals surface area contributed by atoms with Crippen LogP contribution in [0.25, 0.3) is 76.8 Å². The van der Waals surface area contributed by atoms with Gasteiger partial charge in [0.25, 0.3) is 0 Å². The molecule has 0 saturated heterocycles. The zero-order chi connectivity index (χ0) is 29.2. The van der Waals surface area contributed by atoms with Crippen molar-refractivity contribution in [1.29, 1.82) is 0 Å². The second-order valence-electron chi connectivity index (χ2n) is 11.8. The van der Waals surface area contributed by atoms with E-state index in [9.17, 15) is 5.11 Å². The minimum atomic E-state index is 0.315. The first-order chi connectivity index (χ1) is 21.8. The minimum Gasteiger partial charge on any atom is -0.507 e. The van der Waals surface area contributed by atoms with Gasteiger partial charge in [-0.2, -0.15) is 0 Å². The normalized spacial score (nSPS) is 12.1. The summed E-state index contributed by atoms with van der Waals surface area (Å²) in [6.07, 6.45) is 0.854. The molecule has 8 aromatic rings. The van der Waals surface area contributed by atoms with Gasteiger partial charge in [0, 0.05) is 5.39 Å². The van der Waals surface area contributed by atoms with Crippen molar-refractivity contribution in [2.45, 2.75) is 6.42 Å². The van der Waals surface area contributed by atoms with E-state index in [1.807, 2.05) is 18.2 Å². The van der Waals surface area contributed by atoms with E-state index in [4.69, 9.17) is 0 Å². The number of hydrogen-bond donors (Lipinski definition) is 1. The van der Waals surface area contributed by atoms with E-state index >= 15 is 0 Å². The number of fused-ring (bicyclic) bond motifs is 6. The summed E-state index contributed by atoms with van der Waals surface area (Å²) in [6, 6.07) is 54.2. The van der Waals surface area contributed by atoms with E-state index in [1.165, 1.54) is 71.6 Å². The lowest BCUT2D eigenvalue weighted by Gasteiger charge is -2.19. The molecule has 0 spiro atoms. The summed E-state index contributed by atoms with van der Waals surface area (Å²) in [4.78, 5) is 0. The van der Waals surface area contributed by atoms with Crippen molar-refractivity contribution in [1.82, 2.24) is 0 Å². The summed E-state index contributed by atoms with van der Waals surface area (Å²) in [5.74, 6) is 0.315. The quantitative estimate of drug-likeness (QED) is 0.228. The molecule has 1 aliphatic rings. The Morgan fingerprint density at radius 3 is 1.52 bits per heavy atom. The van der Waals surface area contributed by atoms with E-state index in [0.29, 0.717) is 5.75 Å². The van der Waals surface area contributed by atoms with E-state index in [0.717, 1.165) is 22.8 Å². The molecule has 1 aliphatic carbocycles. The van der Waals surface area contributed by atoms with Gasteiger partial charge in [-0.1, -0.05) is 146 Å². The molecular weight excluding hydrogens is 532 g/mol. The highest BCUT2D eigenvalue weighted by atomic mass is 16.3. The second kappa shape index (κ2) is 9.69. The first-order valence-corrected chi connectivity index (χ1v) is 15.2. The molecule has 206 valence electrons. The van der Waals surface area contributed by atoms with Gasteiger partial charge in [-0.25, -0.2) is 0 Å². The fraction of sp³-hybridized carbons (Fsp3) is 0.0233. The van der Waals surface area contributed by atoms with Crippen molar-refractivity contribution in [3.63, 3.8) is 0 Å². The molecule has 0 amide bonds. The maximum atomic E-state index is 10.7. The molecule has 1 heteroatoms. The van der Waals surface area contributed by atoms with Gasteiger partial charge >= 0.3 is 0 Å². The second-order valence-corrected chi connectivity index (χ2v) is 11.8. The van der Waals surface area contributed by atoms with E-state index in [2.05, 4.69) is 133 Å². The lowest BCUT2D eigenvalue weighted by atomic mass is 9.84. The molecule has 0 bridgehead atoms. The van der Waals surface area contributed by atoms with Crippen molar-refractivity contribution in [3.8, 4) is 50.3 Å². The maximum absolute atomic E-state index is 10.7. The average Bonchev–Trinajstić information content (AvgIpc) is 3.48. The smallest absolute Gasteiger partial charge is 0.123 e. The molecule has 0 heterocycles. The Balaban J connectivity index is 1.40. The summed E-state index contributed by atoms with van der Waals surface area (Å²) in [5.41, 5.74) is 12.7. The summed E-state index contributed by atoms with van der Waals surface area (Å²) in [6.45, 7) is 0. The largest absolute Gasteiger partial charge is 0.507 e. The van der Waals surface area contributed by atoms with Gasteiger partial charge in [-0.05, 0) is 95.1 Å². The number of phenols is 1. The number of hydrogen-bond acceptors (Lipinski definition) is 1. The molecule has 44 heavy (non-hydrogen) atoms. The Morgan fingerprint density at radius 2 is 0.818 bits per heavy atom. The highest BCUT2D eigenvalue weighted by Gasteiger charge is 2.29. The van der Waals surface area contributed by atoms with Crippen LogP contribution >= 0.6 is 0 Å². The Hall–Kier alpha value is -5.66. The van der Waals surface area contributed by atoms with Gasteiger partial charge in [-0.3, -0.25) is 0 Å². The Morgan fingerprint density at radius 1 is 0.341 bits per heavy atom. The first kappa shape index (κ1) is 24.9. The lowest BCUT2D eigenvalue weighted by molar-refractivity contribution is 0.481. The third-order valence-electron chi connectivity index (χ3n) is 9.43. The highest BCUT2D eigenvalue weighted by Crippen LogP contribution is 2.52. The average molecular weight is 561 g/mol. The highest BCUT2D eigenvalue weighted by molar-refractivity contribution is 6.10. The third kappa shape index (κ3) is 3.66. The molecule has 0 unspecified atom stereocenters. The van der Waals surface area contributed by atoms with Crippen molar-refractivity contribution in [2.75, 3.05) is 0 Å². The van der Waals surface area contributed by atoms with Crippen LogP contribution in [0.4, 0.5) is 0 Å². The minimum absolute atomic E-state index is 0.315. The van der Waals surface area contributed by atoms with Crippen LogP contribution < -0.4 is 0 Å². The molecule has 9 rings (SSSR count). The van der Waals surface area contributed by atoms with E-state index < -0.39 is 0 Å². The molecule has 0 aliphatic heterocycles. The Bertz CT molecular complexity index is 2420. The van der Waals surface area contributed by atoms with Gasteiger partial charge in [-0.15, -0.1) is 0 Å². The van der Waals surface area contributed by atoms with Crippen LogP contribution in [0.2, 0.25) is 0 Å². The van der Waals surface area contributed by atoms with Gasteiger partial charge < -0.3 is 5.11 Å². The predicted molar refractivity (Wildman–Crippen MR) is 185 cm³/mol. The molecule has 8 aromatic carbocycles. The van der Waals surface area contributed by atoms with Gasteiger partial charge in [0.05, 0.1) is 0 Å². The maximum Gasteiger partial charge on any atom is 0.123 e. The fourth-order valence-electron chi connectivity index (χ4n) is 7.49.